The van der Waals surface area contributed by atoms with Crippen LogP contribution in [0.4, 0.5) is 0 Å². The van der Waals surface area contributed by atoms with Gasteiger partial charge in [-0.25, -0.2) is 0 Å². The van der Waals surface area contributed by atoms with Crippen LogP contribution in [-0.4, -0.2) is 60.6 Å². The van der Waals surface area contributed by atoms with E-state index in [4.69, 9.17) is 0 Å². The Bertz CT molecular complexity index is 235. The molecule has 0 aromatic carbocycles. The first-order chi connectivity index (χ1) is 7.83. The van der Waals surface area contributed by atoms with Gasteiger partial charge in [0.05, 0.1) is 0 Å². The quantitative estimate of drug-likeness (QED) is 0.750. The van der Waals surface area contributed by atoms with Crippen LogP contribution in [0.5, 0.6) is 0 Å². The molecule has 3 fully saturated rings. The molecule has 3 atom stereocenters. The molecule has 0 amide bonds. The van der Waals surface area contributed by atoms with Crippen LogP contribution in [0.15, 0.2) is 0 Å². The van der Waals surface area contributed by atoms with Crippen molar-refractivity contribution >= 4 is 0 Å². The third kappa shape index (κ3) is 2.13. The highest BCUT2D eigenvalue weighted by Gasteiger charge is 2.35. The highest BCUT2D eigenvalue weighted by Crippen LogP contribution is 2.25. The zero-order valence-corrected chi connectivity index (χ0v) is 10.5. The van der Waals surface area contributed by atoms with E-state index in [-0.39, 0.29) is 0 Å². The number of rotatable bonds is 2. The molecule has 3 heterocycles. The van der Waals surface area contributed by atoms with Crippen LogP contribution in [0.1, 0.15) is 32.6 Å². The highest BCUT2D eigenvalue weighted by atomic mass is 15.3. The molecular weight excluding hydrogens is 198 g/mol. The van der Waals surface area contributed by atoms with Gasteiger partial charge < -0.3 is 5.32 Å². The van der Waals surface area contributed by atoms with E-state index < -0.39 is 0 Å². The number of piperazine rings is 1. The number of fused-ring (bicyclic) bond motifs is 1. The second-order valence-corrected chi connectivity index (χ2v) is 5.89. The highest BCUT2D eigenvalue weighted by molar-refractivity contribution is 4.92. The molecule has 2 unspecified atom stereocenters. The van der Waals surface area contributed by atoms with E-state index in [1.54, 1.807) is 0 Å². The van der Waals surface area contributed by atoms with Crippen LogP contribution in [0.2, 0.25) is 0 Å². The standard InChI is InChI=1S/C13H25N3/c1-11-8-15-7-3-5-13(15)10-16(11)9-12-4-2-6-14-12/h11-14H,2-10H2,1H3/t11?,12-,13?/m1/s1. The van der Waals surface area contributed by atoms with Gasteiger partial charge in [0, 0.05) is 37.8 Å². The average molecular weight is 223 g/mol. The molecule has 1 N–H and O–H groups in total. The van der Waals surface area contributed by atoms with Gasteiger partial charge in [-0.2, -0.15) is 0 Å². The van der Waals surface area contributed by atoms with Gasteiger partial charge >= 0.3 is 0 Å². The van der Waals surface area contributed by atoms with E-state index in [1.165, 1.54) is 58.4 Å². The lowest BCUT2D eigenvalue weighted by Crippen LogP contribution is -2.57. The summed E-state index contributed by atoms with van der Waals surface area (Å²) in [5, 5.41) is 3.63. The van der Waals surface area contributed by atoms with Gasteiger partial charge in [0.1, 0.15) is 0 Å². The molecule has 0 spiro atoms. The summed E-state index contributed by atoms with van der Waals surface area (Å²) >= 11 is 0. The van der Waals surface area contributed by atoms with Crippen molar-refractivity contribution in [3.8, 4) is 0 Å². The monoisotopic (exact) mass is 223 g/mol. The molecule has 3 saturated heterocycles. The summed E-state index contributed by atoms with van der Waals surface area (Å²) in [6.45, 7) is 8.90. The van der Waals surface area contributed by atoms with Crippen molar-refractivity contribution in [1.82, 2.24) is 15.1 Å². The second-order valence-electron chi connectivity index (χ2n) is 5.89. The summed E-state index contributed by atoms with van der Waals surface area (Å²) in [6.07, 6.45) is 5.62. The van der Waals surface area contributed by atoms with Gasteiger partial charge in [-0.1, -0.05) is 0 Å². The molecule has 3 aliphatic rings. The van der Waals surface area contributed by atoms with Gasteiger partial charge in [0.25, 0.3) is 0 Å². The lowest BCUT2D eigenvalue weighted by molar-refractivity contribution is 0.0540. The van der Waals surface area contributed by atoms with E-state index in [0.29, 0.717) is 0 Å². The molecule has 3 aliphatic heterocycles. The van der Waals surface area contributed by atoms with Crippen LogP contribution >= 0.6 is 0 Å². The lowest BCUT2D eigenvalue weighted by atomic mass is 10.1. The Hall–Kier alpha value is -0.120. The molecule has 0 aromatic rings. The predicted octanol–water partition coefficient (Wildman–Crippen LogP) is 0.907. The molecule has 92 valence electrons. The number of nitrogens with one attached hydrogen (secondary N) is 1. The smallest absolute Gasteiger partial charge is 0.0224 e. The van der Waals surface area contributed by atoms with E-state index in [1.807, 2.05) is 0 Å². The lowest BCUT2D eigenvalue weighted by Gasteiger charge is -2.43. The molecular formula is C13H25N3. The predicted molar refractivity (Wildman–Crippen MR) is 66.7 cm³/mol. The summed E-state index contributed by atoms with van der Waals surface area (Å²) in [5.41, 5.74) is 0. The van der Waals surface area contributed by atoms with Crippen LogP contribution < -0.4 is 5.32 Å². The molecule has 0 aliphatic carbocycles. The summed E-state index contributed by atoms with van der Waals surface area (Å²) in [4.78, 5) is 5.44. The zero-order chi connectivity index (χ0) is 11.0. The average Bonchev–Trinajstić information content (AvgIpc) is 2.89. The van der Waals surface area contributed by atoms with Crippen molar-refractivity contribution in [1.29, 1.82) is 0 Å². The molecule has 0 saturated carbocycles. The van der Waals surface area contributed by atoms with E-state index >= 15 is 0 Å². The Balaban J connectivity index is 1.57. The third-order valence-electron chi connectivity index (χ3n) is 4.68. The molecule has 0 bridgehead atoms. The first-order valence-electron chi connectivity index (χ1n) is 7.04. The summed E-state index contributed by atoms with van der Waals surface area (Å²) in [5.74, 6) is 0. The Morgan fingerprint density at radius 2 is 2.12 bits per heavy atom. The van der Waals surface area contributed by atoms with Crippen LogP contribution in [-0.2, 0) is 0 Å². The molecule has 3 rings (SSSR count). The SMILES string of the molecule is CC1CN2CCCC2CN1C[C@H]1CCCN1. The Morgan fingerprint density at radius 3 is 2.94 bits per heavy atom. The van der Waals surface area contributed by atoms with Crippen molar-refractivity contribution in [2.75, 3.05) is 32.7 Å². The maximum absolute atomic E-state index is 3.63. The molecule has 3 heteroatoms. The first kappa shape index (κ1) is 11.0. The maximum Gasteiger partial charge on any atom is 0.0224 e. The minimum atomic E-state index is 0.761. The first-order valence-corrected chi connectivity index (χ1v) is 7.04. The molecule has 0 radical (unpaired) electrons. The third-order valence-corrected chi connectivity index (χ3v) is 4.68. The van der Waals surface area contributed by atoms with Crippen molar-refractivity contribution in [2.24, 2.45) is 0 Å². The number of hydrogen-bond acceptors (Lipinski definition) is 3. The second kappa shape index (κ2) is 4.63. The molecule has 3 nitrogen and oxygen atoms in total. The Labute approximate surface area is 99.2 Å². The van der Waals surface area contributed by atoms with Gasteiger partial charge in [-0.05, 0) is 45.7 Å². The van der Waals surface area contributed by atoms with Crippen LogP contribution in [0, 0.1) is 0 Å². The van der Waals surface area contributed by atoms with Crippen molar-refractivity contribution in [3.63, 3.8) is 0 Å². The summed E-state index contributed by atoms with van der Waals surface area (Å²) in [6, 6.07) is 2.41. The van der Waals surface area contributed by atoms with Gasteiger partial charge in [-0.3, -0.25) is 9.80 Å². The van der Waals surface area contributed by atoms with E-state index in [9.17, 15) is 0 Å². The largest absolute Gasteiger partial charge is 0.313 e. The summed E-state index contributed by atoms with van der Waals surface area (Å²) < 4.78 is 0. The van der Waals surface area contributed by atoms with E-state index in [0.717, 1.165) is 18.1 Å². The van der Waals surface area contributed by atoms with E-state index in [2.05, 4.69) is 22.0 Å². The fourth-order valence-electron chi connectivity index (χ4n) is 3.70. The maximum atomic E-state index is 3.63. The fraction of sp³-hybridized carbons (Fsp3) is 1.00. The van der Waals surface area contributed by atoms with Gasteiger partial charge in [0.15, 0.2) is 0 Å². The van der Waals surface area contributed by atoms with Gasteiger partial charge in [0.2, 0.25) is 0 Å². The minimum Gasteiger partial charge on any atom is -0.313 e. The molecule has 16 heavy (non-hydrogen) atoms. The zero-order valence-electron chi connectivity index (χ0n) is 10.5. The molecule has 0 aromatic heterocycles. The summed E-state index contributed by atoms with van der Waals surface area (Å²) in [7, 11) is 0. The van der Waals surface area contributed by atoms with Crippen molar-refractivity contribution < 1.29 is 0 Å². The van der Waals surface area contributed by atoms with Crippen LogP contribution in [0.25, 0.3) is 0 Å². The van der Waals surface area contributed by atoms with Gasteiger partial charge in [-0.15, -0.1) is 0 Å². The Morgan fingerprint density at radius 1 is 1.19 bits per heavy atom. The topological polar surface area (TPSA) is 18.5 Å². The number of hydrogen-bond donors (Lipinski definition) is 1. The van der Waals surface area contributed by atoms with Crippen LogP contribution in [0.3, 0.4) is 0 Å². The van der Waals surface area contributed by atoms with Crippen molar-refractivity contribution in [3.05, 3.63) is 0 Å². The fourth-order valence-corrected chi connectivity index (χ4v) is 3.70. The normalized spacial score (nSPS) is 41.4. The minimum absolute atomic E-state index is 0.761. The van der Waals surface area contributed by atoms with Crippen molar-refractivity contribution in [2.45, 2.75) is 50.7 Å². The Kier molecular flexibility index (Phi) is 3.18. The number of nitrogens with zero attached hydrogens (tertiary/aromatic N) is 2.